The molecule has 0 heterocycles. The monoisotopic (exact) mass is 180 g/mol. The Balaban J connectivity index is 3.79. The minimum absolute atomic E-state index is 0.267. The van der Waals surface area contributed by atoms with E-state index in [4.69, 9.17) is 21.6 Å². The molecule has 0 fully saturated rings. The van der Waals surface area contributed by atoms with Gasteiger partial charge in [0.15, 0.2) is 0 Å². The minimum Gasteiger partial charge on any atom is -0.377 e. The third-order valence-electron chi connectivity index (χ3n) is 0.992. The molecule has 0 aromatic rings. The maximum Gasteiger partial charge on any atom is 0.142 e. The Morgan fingerprint density at radius 1 is 1.73 bits per heavy atom. The normalized spacial score (nSPS) is 14.7. The summed E-state index contributed by atoms with van der Waals surface area (Å²) in [5.41, 5.74) is -0.914. The van der Waals surface area contributed by atoms with Gasteiger partial charge in [0.1, 0.15) is 11.3 Å². The SMILES string of the molecule is CC/C=C(\CC(O)Cl)OOC. The molecule has 0 aromatic heterocycles. The first-order valence-corrected chi connectivity index (χ1v) is 3.86. The van der Waals surface area contributed by atoms with Crippen LogP contribution in [0.3, 0.4) is 0 Å². The summed E-state index contributed by atoms with van der Waals surface area (Å²) in [4.78, 5) is 9.13. The second-order valence-corrected chi connectivity index (χ2v) is 2.47. The van der Waals surface area contributed by atoms with E-state index in [2.05, 4.69) is 4.89 Å². The highest BCUT2D eigenvalue weighted by molar-refractivity contribution is 6.19. The smallest absolute Gasteiger partial charge is 0.142 e. The molecule has 3 nitrogen and oxygen atoms in total. The zero-order valence-electron chi connectivity index (χ0n) is 6.71. The molecule has 11 heavy (non-hydrogen) atoms. The first kappa shape index (κ1) is 10.8. The number of rotatable bonds is 5. The van der Waals surface area contributed by atoms with Gasteiger partial charge < -0.3 is 9.99 Å². The molecule has 0 aromatic carbocycles. The van der Waals surface area contributed by atoms with E-state index in [-0.39, 0.29) is 6.42 Å². The number of aliphatic hydroxyl groups is 1. The Labute approximate surface area is 71.5 Å². The first-order valence-electron chi connectivity index (χ1n) is 3.42. The molecular weight excluding hydrogens is 168 g/mol. The largest absolute Gasteiger partial charge is 0.377 e. The first-order chi connectivity index (χ1) is 5.20. The Morgan fingerprint density at radius 2 is 2.36 bits per heavy atom. The number of aliphatic hydroxyl groups excluding tert-OH is 1. The molecule has 0 aliphatic rings. The van der Waals surface area contributed by atoms with Crippen LogP contribution in [-0.2, 0) is 9.78 Å². The molecule has 0 saturated heterocycles. The van der Waals surface area contributed by atoms with Crippen molar-refractivity contribution in [1.82, 2.24) is 0 Å². The fourth-order valence-corrected chi connectivity index (χ4v) is 0.804. The molecule has 1 atom stereocenters. The molecular formula is C7H13ClO3. The molecule has 4 heteroatoms. The number of allylic oxidation sites excluding steroid dienone is 1. The number of alkyl halides is 1. The molecule has 0 amide bonds. The third kappa shape index (κ3) is 6.16. The van der Waals surface area contributed by atoms with Crippen molar-refractivity contribution >= 4 is 11.6 Å². The highest BCUT2D eigenvalue weighted by Gasteiger charge is 2.04. The van der Waals surface area contributed by atoms with Gasteiger partial charge in [0, 0.05) is 6.42 Å². The van der Waals surface area contributed by atoms with E-state index in [1.54, 1.807) is 6.08 Å². The zero-order valence-corrected chi connectivity index (χ0v) is 7.47. The van der Waals surface area contributed by atoms with Crippen LogP contribution in [0, 0.1) is 0 Å². The molecule has 0 rings (SSSR count). The van der Waals surface area contributed by atoms with Crippen molar-refractivity contribution in [3.8, 4) is 0 Å². The molecule has 0 aliphatic carbocycles. The van der Waals surface area contributed by atoms with Gasteiger partial charge in [0.25, 0.3) is 0 Å². The Kier molecular flexibility index (Phi) is 6.31. The minimum atomic E-state index is -0.914. The quantitative estimate of drug-likeness (QED) is 0.304. The van der Waals surface area contributed by atoms with Crippen molar-refractivity contribution in [3.05, 3.63) is 11.8 Å². The average molecular weight is 181 g/mol. The lowest BCUT2D eigenvalue weighted by Crippen LogP contribution is -2.01. The summed E-state index contributed by atoms with van der Waals surface area (Å²) in [7, 11) is 1.41. The molecule has 1 unspecified atom stereocenters. The van der Waals surface area contributed by atoms with E-state index >= 15 is 0 Å². The fourth-order valence-electron chi connectivity index (χ4n) is 0.652. The van der Waals surface area contributed by atoms with E-state index in [1.807, 2.05) is 6.92 Å². The van der Waals surface area contributed by atoms with Crippen LogP contribution in [0.1, 0.15) is 19.8 Å². The predicted octanol–water partition coefficient (Wildman–Crippen LogP) is 1.81. The number of halogens is 1. The van der Waals surface area contributed by atoms with E-state index in [1.165, 1.54) is 7.11 Å². The van der Waals surface area contributed by atoms with E-state index in [0.29, 0.717) is 5.76 Å². The zero-order chi connectivity index (χ0) is 8.69. The lowest BCUT2D eigenvalue weighted by molar-refractivity contribution is -0.240. The van der Waals surface area contributed by atoms with Gasteiger partial charge in [-0.3, -0.25) is 0 Å². The fraction of sp³-hybridized carbons (Fsp3) is 0.714. The summed E-state index contributed by atoms with van der Waals surface area (Å²) in [6, 6.07) is 0. The summed E-state index contributed by atoms with van der Waals surface area (Å²) in [6.45, 7) is 1.96. The summed E-state index contributed by atoms with van der Waals surface area (Å²) in [5, 5.41) is 8.77. The second-order valence-electron chi connectivity index (χ2n) is 1.97. The van der Waals surface area contributed by atoms with E-state index in [9.17, 15) is 0 Å². The number of hydrogen-bond acceptors (Lipinski definition) is 3. The summed E-state index contributed by atoms with van der Waals surface area (Å²) < 4.78 is 0. The van der Waals surface area contributed by atoms with E-state index < -0.39 is 5.56 Å². The van der Waals surface area contributed by atoms with Gasteiger partial charge in [-0.05, 0) is 12.5 Å². The van der Waals surface area contributed by atoms with Crippen molar-refractivity contribution in [2.45, 2.75) is 25.3 Å². The van der Waals surface area contributed by atoms with Crippen LogP contribution in [0.2, 0.25) is 0 Å². The van der Waals surface area contributed by atoms with Gasteiger partial charge in [0.2, 0.25) is 0 Å². The molecule has 0 spiro atoms. The van der Waals surface area contributed by atoms with Crippen LogP contribution in [0.25, 0.3) is 0 Å². The van der Waals surface area contributed by atoms with Crippen LogP contribution in [0.15, 0.2) is 11.8 Å². The molecule has 1 N–H and O–H groups in total. The van der Waals surface area contributed by atoms with Crippen LogP contribution >= 0.6 is 11.6 Å². The van der Waals surface area contributed by atoms with Crippen LogP contribution in [0.5, 0.6) is 0 Å². The van der Waals surface area contributed by atoms with Crippen LogP contribution < -0.4 is 0 Å². The van der Waals surface area contributed by atoms with Crippen molar-refractivity contribution in [2.75, 3.05) is 7.11 Å². The molecule has 0 radical (unpaired) electrons. The Bertz CT molecular complexity index is 123. The van der Waals surface area contributed by atoms with Gasteiger partial charge >= 0.3 is 0 Å². The molecule has 0 aliphatic heterocycles. The Hall–Kier alpha value is -0.250. The molecule has 0 saturated carbocycles. The Morgan fingerprint density at radius 3 is 2.73 bits per heavy atom. The van der Waals surface area contributed by atoms with Gasteiger partial charge in [-0.25, -0.2) is 0 Å². The summed E-state index contributed by atoms with van der Waals surface area (Å²) >= 11 is 5.32. The lowest BCUT2D eigenvalue weighted by atomic mass is 10.3. The second kappa shape index (κ2) is 6.46. The maximum atomic E-state index is 8.77. The van der Waals surface area contributed by atoms with Crippen molar-refractivity contribution in [2.24, 2.45) is 0 Å². The van der Waals surface area contributed by atoms with Crippen LogP contribution in [-0.4, -0.2) is 17.8 Å². The topological polar surface area (TPSA) is 38.7 Å². The maximum absolute atomic E-state index is 8.77. The van der Waals surface area contributed by atoms with Crippen molar-refractivity contribution in [3.63, 3.8) is 0 Å². The average Bonchev–Trinajstić information content (AvgIpc) is 1.87. The summed E-state index contributed by atoms with van der Waals surface area (Å²) in [5.74, 6) is 0.553. The van der Waals surface area contributed by atoms with Gasteiger partial charge in [-0.15, -0.1) is 0 Å². The van der Waals surface area contributed by atoms with Crippen molar-refractivity contribution in [1.29, 1.82) is 0 Å². The molecule has 0 bridgehead atoms. The van der Waals surface area contributed by atoms with Crippen molar-refractivity contribution < 1.29 is 14.9 Å². The van der Waals surface area contributed by atoms with Gasteiger partial charge in [0.05, 0.1) is 7.11 Å². The van der Waals surface area contributed by atoms with Gasteiger partial charge in [-0.1, -0.05) is 18.5 Å². The highest BCUT2D eigenvalue weighted by atomic mass is 35.5. The van der Waals surface area contributed by atoms with E-state index in [0.717, 1.165) is 6.42 Å². The number of hydrogen-bond donors (Lipinski definition) is 1. The third-order valence-corrected chi connectivity index (χ3v) is 1.15. The lowest BCUT2D eigenvalue weighted by Gasteiger charge is -2.06. The highest BCUT2D eigenvalue weighted by Crippen LogP contribution is 2.10. The molecule has 66 valence electrons. The van der Waals surface area contributed by atoms with Crippen LogP contribution in [0.4, 0.5) is 0 Å². The summed E-state index contributed by atoms with van der Waals surface area (Å²) in [6.07, 6.45) is 2.89. The predicted molar refractivity (Wildman–Crippen MR) is 42.9 cm³/mol. The standard InChI is InChI=1S/C7H13ClO3/c1-3-4-6(11-10-2)5-7(8)9/h4,7,9H,3,5H2,1-2H3/b6-4+. The van der Waals surface area contributed by atoms with Gasteiger partial charge in [-0.2, -0.15) is 4.89 Å².